The van der Waals surface area contributed by atoms with Gasteiger partial charge in [0.1, 0.15) is 6.04 Å². The van der Waals surface area contributed by atoms with Gasteiger partial charge in [0.25, 0.3) is 0 Å². The number of benzene rings is 1. The number of nitrogens with one attached hydrogen (secondary N) is 1. The number of fused-ring (bicyclic) bond motifs is 1. The number of pyridine rings is 1. The van der Waals surface area contributed by atoms with Crippen LogP contribution in [0, 0.1) is 0 Å². The van der Waals surface area contributed by atoms with E-state index in [0.717, 1.165) is 23.1 Å². The smallest absolute Gasteiger partial charge is 0.247 e. The predicted molar refractivity (Wildman–Crippen MR) is 86.4 cm³/mol. The van der Waals surface area contributed by atoms with Crippen LogP contribution in [0.3, 0.4) is 0 Å². The Morgan fingerprint density at radius 2 is 2.09 bits per heavy atom. The van der Waals surface area contributed by atoms with E-state index in [4.69, 9.17) is 0 Å². The van der Waals surface area contributed by atoms with Gasteiger partial charge < -0.3 is 10.2 Å². The van der Waals surface area contributed by atoms with Crippen molar-refractivity contribution in [2.45, 2.75) is 25.9 Å². The summed E-state index contributed by atoms with van der Waals surface area (Å²) in [4.78, 5) is 30.3. The molecule has 23 heavy (non-hydrogen) atoms. The topological polar surface area (TPSA) is 62.3 Å². The minimum absolute atomic E-state index is 0.0824. The van der Waals surface area contributed by atoms with Crippen molar-refractivity contribution in [3.8, 4) is 0 Å². The van der Waals surface area contributed by atoms with Gasteiger partial charge in [0.05, 0.1) is 0 Å². The number of carbonyl (C=O) groups is 2. The second-order valence-electron chi connectivity index (χ2n) is 5.64. The largest absolute Gasteiger partial charge is 0.350 e. The van der Waals surface area contributed by atoms with Crippen LogP contribution in [-0.2, 0) is 22.6 Å². The number of hydrogen-bond donors (Lipinski definition) is 1. The average molecular weight is 309 g/mol. The van der Waals surface area contributed by atoms with E-state index in [1.807, 2.05) is 36.4 Å². The molecule has 0 bridgehead atoms. The van der Waals surface area contributed by atoms with Gasteiger partial charge in [0.15, 0.2) is 0 Å². The zero-order chi connectivity index (χ0) is 16.2. The monoisotopic (exact) mass is 309 g/mol. The molecule has 2 aromatic rings. The molecule has 0 aliphatic carbocycles. The number of hydrogen-bond acceptors (Lipinski definition) is 3. The maximum absolute atomic E-state index is 12.7. The van der Waals surface area contributed by atoms with E-state index in [1.54, 1.807) is 17.3 Å². The first-order valence-electron chi connectivity index (χ1n) is 7.68. The quantitative estimate of drug-likeness (QED) is 0.941. The van der Waals surface area contributed by atoms with Crippen molar-refractivity contribution in [2.75, 3.05) is 6.54 Å². The van der Waals surface area contributed by atoms with Gasteiger partial charge in [-0.15, -0.1) is 0 Å². The summed E-state index contributed by atoms with van der Waals surface area (Å²) in [6.07, 6.45) is 4.19. The van der Waals surface area contributed by atoms with Gasteiger partial charge in [0, 0.05) is 32.4 Å². The van der Waals surface area contributed by atoms with Crippen LogP contribution >= 0.6 is 0 Å². The molecule has 3 rings (SSSR count). The molecule has 118 valence electrons. The number of rotatable bonds is 3. The number of aromatic nitrogens is 1. The summed E-state index contributed by atoms with van der Waals surface area (Å²) in [6.45, 7) is 2.48. The standard InChI is InChI=1S/C18H19N3O2/c1-13(22)21-10-8-15-6-2-3-7-16(15)17(21)18(23)20-12-14-5-4-9-19-11-14/h2-7,9,11,17H,8,10,12H2,1H3,(H,20,23)/t17-/m1/s1. The Bertz CT molecular complexity index is 715. The molecule has 0 saturated carbocycles. The molecule has 0 unspecified atom stereocenters. The highest BCUT2D eigenvalue weighted by Gasteiger charge is 2.34. The second-order valence-corrected chi connectivity index (χ2v) is 5.64. The fourth-order valence-electron chi connectivity index (χ4n) is 2.98. The molecule has 1 aromatic carbocycles. The maximum atomic E-state index is 12.7. The average Bonchev–Trinajstić information content (AvgIpc) is 2.59. The molecule has 5 nitrogen and oxygen atoms in total. The summed E-state index contributed by atoms with van der Waals surface area (Å²) in [7, 11) is 0. The highest BCUT2D eigenvalue weighted by Crippen LogP contribution is 2.30. The molecular formula is C18H19N3O2. The lowest BCUT2D eigenvalue weighted by atomic mass is 9.92. The maximum Gasteiger partial charge on any atom is 0.247 e. The van der Waals surface area contributed by atoms with Crippen LogP contribution in [0.2, 0.25) is 0 Å². The predicted octanol–water partition coefficient (Wildman–Crippen LogP) is 1.84. The molecule has 1 atom stereocenters. The first kappa shape index (κ1) is 15.2. The Balaban J connectivity index is 1.82. The summed E-state index contributed by atoms with van der Waals surface area (Å²) >= 11 is 0. The molecule has 2 heterocycles. The Kier molecular flexibility index (Phi) is 4.37. The lowest BCUT2D eigenvalue weighted by Crippen LogP contribution is -2.46. The fourth-order valence-corrected chi connectivity index (χ4v) is 2.98. The van der Waals surface area contributed by atoms with E-state index in [9.17, 15) is 9.59 Å². The fraction of sp³-hybridized carbons (Fsp3) is 0.278. The van der Waals surface area contributed by atoms with Gasteiger partial charge in [-0.25, -0.2) is 0 Å². The summed E-state index contributed by atoms with van der Waals surface area (Å²) in [5.41, 5.74) is 2.98. The second kappa shape index (κ2) is 6.60. The van der Waals surface area contributed by atoms with Gasteiger partial charge in [-0.1, -0.05) is 30.3 Å². The number of amides is 2. The molecule has 1 aliphatic heterocycles. The molecule has 0 fully saturated rings. The summed E-state index contributed by atoms with van der Waals surface area (Å²) in [6, 6.07) is 11.0. The highest BCUT2D eigenvalue weighted by atomic mass is 16.2. The molecule has 0 spiro atoms. The third-order valence-electron chi connectivity index (χ3n) is 4.13. The lowest BCUT2D eigenvalue weighted by molar-refractivity contribution is -0.139. The Labute approximate surface area is 135 Å². The van der Waals surface area contributed by atoms with Crippen molar-refractivity contribution in [3.63, 3.8) is 0 Å². The van der Waals surface area contributed by atoms with Crippen molar-refractivity contribution in [3.05, 3.63) is 65.5 Å². The van der Waals surface area contributed by atoms with Gasteiger partial charge in [0.2, 0.25) is 11.8 Å². The summed E-state index contributed by atoms with van der Waals surface area (Å²) in [5, 5.41) is 2.92. The zero-order valence-electron chi connectivity index (χ0n) is 13.0. The minimum atomic E-state index is -0.561. The molecule has 2 amide bonds. The Hall–Kier alpha value is -2.69. The third kappa shape index (κ3) is 3.23. The van der Waals surface area contributed by atoms with Crippen molar-refractivity contribution in [1.29, 1.82) is 0 Å². The van der Waals surface area contributed by atoms with Crippen LogP contribution in [0.25, 0.3) is 0 Å². The van der Waals surface area contributed by atoms with E-state index in [1.165, 1.54) is 6.92 Å². The molecule has 1 aliphatic rings. The lowest BCUT2D eigenvalue weighted by Gasteiger charge is -2.35. The Morgan fingerprint density at radius 3 is 2.83 bits per heavy atom. The van der Waals surface area contributed by atoms with Crippen LogP contribution in [-0.4, -0.2) is 28.2 Å². The number of nitrogens with zero attached hydrogens (tertiary/aromatic N) is 2. The van der Waals surface area contributed by atoms with Crippen molar-refractivity contribution in [1.82, 2.24) is 15.2 Å². The number of carbonyl (C=O) groups excluding carboxylic acids is 2. The summed E-state index contributed by atoms with van der Waals surface area (Å²) < 4.78 is 0. The van der Waals surface area contributed by atoms with Crippen molar-refractivity contribution >= 4 is 11.8 Å². The molecule has 1 aromatic heterocycles. The van der Waals surface area contributed by atoms with Gasteiger partial charge in [-0.3, -0.25) is 14.6 Å². The normalized spacial score (nSPS) is 16.6. The zero-order valence-corrected chi connectivity index (χ0v) is 13.0. The van der Waals surface area contributed by atoms with Crippen LogP contribution in [0.1, 0.15) is 29.7 Å². The SMILES string of the molecule is CC(=O)N1CCc2ccccc2[C@@H]1C(=O)NCc1cccnc1. The van der Waals surface area contributed by atoms with Crippen LogP contribution < -0.4 is 5.32 Å². The third-order valence-corrected chi connectivity index (χ3v) is 4.13. The minimum Gasteiger partial charge on any atom is -0.350 e. The molecule has 5 heteroatoms. The van der Waals surface area contributed by atoms with Crippen LogP contribution in [0.15, 0.2) is 48.8 Å². The molecular weight excluding hydrogens is 290 g/mol. The van der Waals surface area contributed by atoms with E-state index >= 15 is 0 Å². The molecule has 0 radical (unpaired) electrons. The van der Waals surface area contributed by atoms with Gasteiger partial charge >= 0.3 is 0 Å². The van der Waals surface area contributed by atoms with E-state index in [-0.39, 0.29) is 11.8 Å². The summed E-state index contributed by atoms with van der Waals surface area (Å²) in [5.74, 6) is -0.239. The molecule has 0 saturated heterocycles. The van der Waals surface area contributed by atoms with Gasteiger partial charge in [-0.2, -0.15) is 0 Å². The van der Waals surface area contributed by atoms with Crippen LogP contribution in [0.5, 0.6) is 0 Å². The molecule has 1 N–H and O–H groups in total. The first-order valence-corrected chi connectivity index (χ1v) is 7.68. The Morgan fingerprint density at radius 1 is 1.26 bits per heavy atom. The van der Waals surface area contributed by atoms with Crippen molar-refractivity contribution in [2.24, 2.45) is 0 Å². The first-order chi connectivity index (χ1) is 11.2. The van der Waals surface area contributed by atoms with E-state index in [0.29, 0.717) is 13.1 Å². The van der Waals surface area contributed by atoms with Gasteiger partial charge in [-0.05, 0) is 29.2 Å². The van der Waals surface area contributed by atoms with Crippen molar-refractivity contribution < 1.29 is 9.59 Å². The van der Waals surface area contributed by atoms with E-state index < -0.39 is 6.04 Å². The van der Waals surface area contributed by atoms with Crippen LogP contribution in [0.4, 0.5) is 0 Å². The van der Waals surface area contributed by atoms with E-state index in [2.05, 4.69) is 10.3 Å². The highest BCUT2D eigenvalue weighted by molar-refractivity contribution is 5.88.